The number of benzene rings is 1. The quantitative estimate of drug-likeness (QED) is 0.280. The summed E-state index contributed by atoms with van der Waals surface area (Å²) in [7, 11) is 0. The molecule has 0 aliphatic rings. The number of rotatable bonds is 8. The van der Waals surface area contributed by atoms with E-state index in [2.05, 4.69) is 46.1 Å². The van der Waals surface area contributed by atoms with Gasteiger partial charge in [0.15, 0.2) is 5.76 Å². The van der Waals surface area contributed by atoms with Gasteiger partial charge in [-0.25, -0.2) is 9.79 Å². The number of allylic oxidation sites excluding steroid dienone is 3. The first-order chi connectivity index (χ1) is 15.4. The number of anilines is 1. The molecule has 0 saturated carbocycles. The van der Waals surface area contributed by atoms with Crippen LogP contribution in [0.4, 0.5) is 16.4 Å². The molecule has 1 aromatic heterocycles. The number of carbonyl (C=O) groups excluding carboxylic acids is 1. The Hall–Kier alpha value is -2.83. The molecule has 0 bridgehead atoms. The lowest BCUT2D eigenvalue weighted by molar-refractivity contribution is 0.138. The summed E-state index contributed by atoms with van der Waals surface area (Å²) in [5.74, 6) is 0.660. The summed E-state index contributed by atoms with van der Waals surface area (Å²) in [5.41, 5.74) is 2.25. The third-order valence-electron chi connectivity index (χ3n) is 4.13. The van der Waals surface area contributed by atoms with Gasteiger partial charge in [0.05, 0.1) is 5.56 Å². The molecular formula is C25H28BrClN2O3. The van der Waals surface area contributed by atoms with Gasteiger partial charge in [0.2, 0.25) is 5.88 Å². The van der Waals surface area contributed by atoms with Gasteiger partial charge >= 0.3 is 6.09 Å². The lowest BCUT2D eigenvalue weighted by Gasteiger charge is -2.16. The normalized spacial score (nSPS) is 12.2. The van der Waals surface area contributed by atoms with E-state index in [0.29, 0.717) is 27.6 Å². The number of ether oxygens (including phenoxy) is 1. The number of nitrogens with one attached hydrogen (secondary N) is 1. The summed E-state index contributed by atoms with van der Waals surface area (Å²) < 4.78 is 12.3. The second kappa shape index (κ2) is 13.6. The van der Waals surface area contributed by atoms with Crippen molar-refractivity contribution in [1.29, 1.82) is 0 Å². The van der Waals surface area contributed by atoms with Gasteiger partial charge in [0, 0.05) is 20.6 Å². The van der Waals surface area contributed by atoms with Gasteiger partial charge in [0.1, 0.15) is 11.8 Å². The molecule has 1 N–H and O–H groups in total. The Kier molecular flexibility index (Phi) is 11.5. The Bertz CT molecular complexity index is 1020. The molecule has 170 valence electrons. The first-order valence-corrected chi connectivity index (χ1v) is 11.2. The van der Waals surface area contributed by atoms with Crippen LogP contribution in [0.5, 0.6) is 0 Å². The first-order valence-electron chi connectivity index (χ1n) is 10.0. The van der Waals surface area contributed by atoms with Gasteiger partial charge in [-0.05, 0) is 32.7 Å². The highest BCUT2D eigenvalue weighted by Crippen LogP contribution is 2.41. The average Bonchev–Trinajstić information content (AvgIpc) is 3.15. The summed E-state index contributed by atoms with van der Waals surface area (Å²) in [4.78, 5) is 16.6. The summed E-state index contributed by atoms with van der Waals surface area (Å²) in [6.07, 6.45) is 5.30. The number of carbonyl (C=O) groups is 1. The molecule has 2 aromatic rings. The molecule has 1 atom stereocenters. The maximum atomic E-state index is 12.7. The summed E-state index contributed by atoms with van der Waals surface area (Å²) in [6, 6.07) is 7.42. The topological polar surface area (TPSA) is 63.8 Å². The zero-order chi connectivity index (χ0) is 24.3. The van der Waals surface area contributed by atoms with Crippen LogP contribution in [0.3, 0.4) is 0 Å². The van der Waals surface area contributed by atoms with Crippen molar-refractivity contribution in [2.75, 3.05) is 5.32 Å². The van der Waals surface area contributed by atoms with Crippen molar-refractivity contribution >= 4 is 58.0 Å². The third-order valence-corrected chi connectivity index (χ3v) is 5.03. The fourth-order valence-electron chi connectivity index (χ4n) is 2.73. The molecule has 0 saturated heterocycles. The van der Waals surface area contributed by atoms with Crippen molar-refractivity contribution in [2.24, 2.45) is 4.99 Å². The predicted octanol–water partition coefficient (Wildman–Crippen LogP) is 8.90. The van der Waals surface area contributed by atoms with E-state index in [1.54, 1.807) is 19.1 Å². The Morgan fingerprint density at radius 3 is 2.41 bits per heavy atom. The Labute approximate surface area is 203 Å². The monoisotopic (exact) mass is 518 g/mol. The fraction of sp³-hybridized carbons (Fsp3) is 0.200. The molecule has 0 spiro atoms. The molecule has 1 amide bonds. The first kappa shape index (κ1) is 27.2. The maximum absolute atomic E-state index is 12.7. The van der Waals surface area contributed by atoms with Crippen molar-refractivity contribution in [2.45, 2.75) is 33.8 Å². The molecule has 7 heteroatoms. The zero-order valence-electron chi connectivity index (χ0n) is 18.7. The average molecular weight is 520 g/mol. The molecule has 1 heterocycles. The molecule has 0 fully saturated rings. The van der Waals surface area contributed by atoms with Crippen LogP contribution < -0.4 is 5.32 Å². The Morgan fingerprint density at radius 1 is 1.28 bits per heavy atom. The van der Waals surface area contributed by atoms with E-state index in [0.717, 1.165) is 10.0 Å². The number of halogens is 2. The summed E-state index contributed by atoms with van der Waals surface area (Å²) >= 11 is 9.59. The second-order valence-corrected chi connectivity index (χ2v) is 7.40. The van der Waals surface area contributed by atoms with Gasteiger partial charge in [-0.1, -0.05) is 91.0 Å². The van der Waals surface area contributed by atoms with Gasteiger partial charge in [-0.3, -0.25) is 5.32 Å². The van der Waals surface area contributed by atoms with E-state index in [1.165, 1.54) is 12.2 Å². The number of amides is 1. The van der Waals surface area contributed by atoms with Crippen LogP contribution in [-0.2, 0) is 4.74 Å². The lowest BCUT2D eigenvalue weighted by Crippen LogP contribution is -2.22. The van der Waals surface area contributed by atoms with Crippen molar-refractivity contribution in [3.8, 4) is 11.3 Å². The minimum Gasteiger partial charge on any atom is -0.441 e. The highest BCUT2D eigenvalue weighted by molar-refractivity contribution is 9.10. The van der Waals surface area contributed by atoms with Crippen LogP contribution in [-0.4, -0.2) is 18.9 Å². The van der Waals surface area contributed by atoms with E-state index in [-0.39, 0.29) is 5.88 Å². The van der Waals surface area contributed by atoms with Crippen LogP contribution in [0, 0.1) is 0 Å². The molecule has 0 radical (unpaired) electrons. The highest BCUT2D eigenvalue weighted by Gasteiger charge is 2.23. The smallest absolute Gasteiger partial charge is 0.412 e. The number of aliphatic imine (C=N–C) groups is 1. The van der Waals surface area contributed by atoms with E-state index in [4.69, 9.17) is 20.8 Å². The van der Waals surface area contributed by atoms with Crippen molar-refractivity contribution < 1.29 is 13.9 Å². The Balaban J connectivity index is 0.00000249. The van der Waals surface area contributed by atoms with Gasteiger partial charge in [0.25, 0.3) is 0 Å². The van der Waals surface area contributed by atoms with E-state index < -0.39 is 12.2 Å². The van der Waals surface area contributed by atoms with Crippen LogP contribution in [0.2, 0.25) is 0 Å². The van der Waals surface area contributed by atoms with E-state index in [9.17, 15) is 4.79 Å². The minimum absolute atomic E-state index is 0.246. The number of hydrogen-bond donors (Lipinski definition) is 1. The molecule has 5 nitrogen and oxygen atoms in total. The SMILES string of the molecule is C=C/C(Cl)=C(\C=C/C)[C@@H](C)OC(=O)Nc1c(-c2ccc(Br)cc2)oc(N=C)c1C=C.CC. The fourth-order valence-corrected chi connectivity index (χ4v) is 3.21. The van der Waals surface area contributed by atoms with Crippen LogP contribution in [0.1, 0.15) is 33.3 Å². The lowest BCUT2D eigenvalue weighted by atomic mass is 10.1. The largest absolute Gasteiger partial charge is 0.441 e. The van der Waals surface area contributed by atoms with Crippen LogP contribution in [0.15, 0.2) is 80.1 Å². The highest BCUT2D eigenvalue weighted by atomic mass is 79.9. The molecule has 0 aliphatic heterocycles. The molecule has 1 aromatic carbocycles. The number of furan rings is 1. The summed E-state index contributed by atoms with van der Waals surface area (Å²) in [6.45, 7) is 18.5. The molecule has 0 unspecified atom stereocenters. The summed E-state index contributed by atoms with van der Waals surface area (Å²) in [5, 5.41) is 3.14. The maximum Gasteiger partial charge on any atom is 0.412 e. The van der Waals surface area contributed by atoms with Crippen LogP contribution in [0.25, 0.3) is 17.4 Å². The standard InChI is InChI=1S/C23H22BrClN2O3.C2H6/c1-6-9-18(19(25)8-3)14(4)29-23(28)27-20-17(7-2)22(26-5)30-21(20)15-10-12-16(24)13-11-15;1-2/h6-14H,2-3,5H2,1,4H3,(H,27,28);1-2H3/b9-6-,19-18-;/t14-;/m1./s1. The number of hydrogen-bond acceptors (Lipinski definition) is 4. The van der Waals surface area contributed by atoms with Crippen molar-refractivity contribution in [3.05, 3.63) is 76.3 Å². The molecule has 2 rings (SSSR count). The van der Waals surface area contributed by atoms with Crippen molar-refractivity contribution in [1.82, 2.24) is 0 Å². The second-order valence-electron chi connectivity index (χ2n) is 6.07. The van der Waals surface area contributed by atoms with Crippen LogP contribution >= 0.6 is 27.5 Å². The van der Waals surface area contributed by atoms with Crippen molar-refractivity contribution in [3.63, 3.8) is 0 Å². The van der Waals surface area contributed by atoms with Gasteiger partial charge in [-0.15, -0.1) is 0 Å². The van der Waals surface area contributed by atoms with E-state index in [1.807, 2.05) is 45.0 Å². The van der Waals surface area contributed by atoms with Gasteiger partial charge < -0.3 is 9.15 Å². The zero-order valence-corrected chi connectivity index (χ0v) is 21.1. The predicted molar refractivity (Wildman–Crippen MR) is 140 cm³/mol. The minimum atomic E-state index is -0.684. The molecular weight excluding hydrogens is 492 g/mol. The van der Waals surface area contributed by atoms with E-state index >= 15 is 0 Å². The third kappa shape index (κ3) is 6.84. The number of nitrogens with zero attached hydrogens (tertiary/aromatic N) is 1. The molecule has 32 heavy (non-hydrogen) atoms. The van der Waals surface area contributed by atoms with Gasteiger partial charge in [-0.2, -0.15) is 0 Å². The Morgan fingerprint density at radius 2 is 1.91 bits per heavy atom. The molecule has 0 aliphatic carbocycles.